The Bertz CT molecular complexity index is 523. The zero-order valence-corrected chi connectivity index (χ0v) is 14.3. The van der Waals surface area contributed by atoms with Crippen LogP contribution in [0.1, 0.15) is 45.3 Å². The summed E-state index contributed by atoms with van der Waals surface area (Å²) < 4.78 is 7.39. The largest absolute Gasteiger partial charge is 0.390 e. The number of benzene rings is 1. The predicted molar refractivity (Wildman–Crippen MR) is 84.9 cm³/mol. The molecule has 1 aromatic carbocycles. The summed E-state index contributed by atoms with van der Waals surface area (Å²) in [5, 5.41) is 21.1. The maximum absolute atomic E-state index is 10.8. The molecule has 1 heterocycles. The Kier molecular flexibility index (Phi) is 3.72. The van der Waals surface area contributed by atoms with Gasteiger partial charge in [-0.25, -0.2) is 0 Å². The molecule has 3 nitrogen and oxygen atoms in total. The lowest BCUT2D eigenvalue weighted by Crippen LogP contribution is -2.60. The van der Waals surface area contributed by atoms with Crippen LogP contribution in [0, 0.1) is 11.8 Å². The lowest BCUT2D eigenvalue weighted by molar-refractivity contribution is -0.261. The smallest absolute Gasteiger partial charge is 0.0933 e. The van der Waals surface area contributed by atoms with E-state index in [9.17, 15) is 10.2 Å². The fourth-order valence-electron chi connectivity index (χ4n) is 3.85. The van der Waals surface area contributed by atoms with Gasteiger partial charge in [-0.2, -0.15) is 0 Å². The number of halogens is 1. The van der Waals surface area contributed by atoms with Gasteiger partial charge in [0, 0.05) is 10.4 Å². The monoisotopic (exact) mass is 354 g/mol. The molecular weight excluding hydrogens is 332 g/mol. The van der Waals surface area contributed by atoms with Crippen LogP contribution in [0.4, 0.5) is 0 Å². The van der Waals surface area contributed by atoms with Crippen LogP contribution in [0.5, 0.6) is 0 Å². The highest BCUT2D eigenvalue weighted by molar-refractivity contribution is 9.10. The number of hydrogen-bond acceptors (Lipinski definition) is 3. The summed E-state index contributed by atoms with van der Waals surface area (Å²) in [6.07, 6.45) is 0.609. The average Bonchev–Trinajstić information content (AvgIpc) is 2.40. The van der Waals surface area contributed by atoms with Crippen molar-refractivity contribution in [2.24, 2.45) is 11.8 Å². The first-order chi connectivity index (χ1) is 9.72. The van der Waals surface area contributed by atoms with E-state index in [4.69, 9.17) is 4.74 Å². The summed E-state index contributed by atoms with van der Waals surface area (Å²) in [5.41, 5.74) is -0.333. The summed E-state index contributed by atoms with van der Waals surface area (Å²) in [7, 11) is 0. The second kappa shape index (κ2) is 5.05. The Morgan fingerprint density at radius 3 is 2.38 bits per heavy atom. The second-order valence-electron chi connectivity index (χ2n) is 7.21. The van der Waals surface area contributed by atoms with Crippen LogP contribution in [0.15, 0.2) is 28.7 Å². The van der Waals surface area contributed by atoms with E-state index in [0.717, 1.165) is 16.5 Å². The van der Waals surface area contributed by atoms with Gasteiger partial charge in [0.2, 0.25) is 0 Å². The van der Waals surface area contributed by atoms with E-state index in [2.05, 4.69) is 29.8 Å². The molecule has 2 fully saturated rings. The molecule has 21 heavy (non-hydrogen) atoms. The highest BCUT2D eigenvalue weighted by atomic mass is 79.9. The molecular formula is C17H23BrO3. The van der Waals surface area contributed by atoms with Gasteiger partial charge in [0.1, 0.15) is 0 Å². The van der Waals surface area contributed by atoms with E-state index in [0.29, 0.717) is 6.42 Å². The Balaban J connectivity index is 2.00. The lowest BCUT2D eigenvalue weighted by atomic mass is 9.61. The minimum Gasteiger partial charge on any atom is -0.390 e. The number of aliphatic hydroxyl groups excluding tert-OH is 1. The number of aliphatic hydroxyl groups is 2. The highest BCUT2D eigenvalue weighted by Crippen LogP contribution is 2.54. The van der Waals surface area contributed by atoms with Gasteiger partial charge in [0.25, 0.3) is 0 Å². The van der Waals surface area contributed by atoms with Crippen LogP contribution in [-0.4, -0.2) is 27.5 Å². The van der Waals surface area contributed by atoms with Crippen LogP contribution < -0.4 is 0 Å². The molecule has 116 valence electrons. The Hall–Kier alpha value is -0.420. The number of hydrogen-bond donors (Lipinski definition) is 2. The highest BCUT2D eigenvalue weighted by Gasteiger charge is 2.56. The molecule has 4 heteroatoms. The van der Waals surface area contributed by atoms with Gasteiger partial charge in [-0.15, -0.1) is 0 Å². The molecule has 1 saturated heterocycles. The van der Waals surface area contributed by atoms with E-state index in [1.165, 1.54) is 0 Å². The fourth-order valence-corrected chi connectivity index (χ4v) is 4.12. The molecule has 2 aliphatic rings. The Labute approximate surface area is 134 Å². The predicted octanol–water partition coefficient (Wildman–Crippen LogP) is 3.44. The standard InChI is InChI=1S/C17H23BrO3/c1-16(2)11-8-13(17(3,20)14(19)9-11)15(21-16)10-4-6-12(18)7-5-10/h4-7,11,13-15,19-20H,8-9H2,1-3H3/t11?,13?,14-,15-,17-/m0/s1. The Morgan fingerprint density at radius 2 is 1.76 bits per heavy atom. The van der Waals surface area contributed by atoms with Crippen molar-refractivity contribution in [3.05, 3.63) is 34.3 Å². The van der Waals surface area contributed by atoms with Crippen LogP contribution in [0.25, 0.3) is 0 Å². The van der Waals surface area contributed by atoms with E-state index in [1.807, 2.05) is 24.3 Å². The first kappa shape index (κ1) is 15.5. The summed E-state index contributed by atoms with van der Waals surface area (Å²) in [6.45, 7) is 5.92. The third kappa shape index (κ3) is 2.56. The van der Waals surface area contributed by atoms with Crippen molar-refractivity contribution in [2.45, 2.75) is 57.0 Å². The summed E-state index contributed by atoms with van der Waals surface area (Å²) >= 11 is 3.45. The number of rotatable bonds is 1. The summed E-state index contributed by atoms with van der Waals surface area (Å²) in [5.74, 6) is 0.199. The van der Waals surface area contributed by atoms with Crippen molar-refractivity contribution in [3.8, 4) is 0 Å². The normalized spacial score (nSPS) is 41.8. The van der Waals surface area contributed by atoms with Gasteiger partial charge in [-0.3, -0.25) is 0 Å². The minimum absolute atomic E-state index is 0.0829. The molecule has 0 radical (unpaired) electrons. The van der Waals surface area contributed by atoms with Gasteiger partial charge >= 0.3 is 0 Å². The van der Waals surface area contributed by atoms with Crippen molar-refractivity contribution >= 4 is 15.9 Å². The third-order valence-electron chi connectivity index (χ3n) is 5.45. The van der Waals surface area contributed by atoms with Crippen molar-refractivity contribution in [1.29, 1.82) is 0 Å². The van der Waals surface area contributed by atoms with Crippen LogP contribution in [0.2, 0.25) is 0 Å². The molecule has 3 rings (SSSR count). The molecule has 1 aliphatic heterocycles. The maximum atomic E-state index is 10.8. The van der Waals surface area contributed by atoms with Crippen LogP contribution in [0.3, 0.4) is 0 Å². The lowest BCUT2D eigenvalue weighted by Gasteiger charge is -2.56. The number of ether oxygens (including phenoxy) is 1. The molecule has 2 unspecified atom stereocenters. The second-order valence-corrected chi connectivity index (χ2v) is 8.13. The topological polar surface area (TPSA) is 49.7 Å². The molecule has 1 aromatic rings. The fraction of sp³-hybridized carbons (Fsp3) is 0.647. The first-order valence-electron chi connectivity index (χ1n) is 7.55. The van der Waals surface area contributed by atoms with Crippen LogP contribution in [-0.2, 0) is 4.74 Å². The first-order valence-corrected chi connectivity index (χ1v) is 8.35. The molecule has 5 atom stereocenters. The van der Waals surface area contributed by atoms with Gasteiger partial charge in [-0.1, -0.05) is 28.1 Å². The molecule has 2 bridgehead atoms. The summed E-state index contributed by atoms with van der Waals surface area (Å²) in [4.78, 5) is 0. The molecule has 0 aromatic heterocycles. The van der Waals surface area contributed by atoms with E-state index >= 15 is 0 Å². The quantitative estimate of drug-likeness (QED) is 0.812. The van der Waals surface area contributed by atoms with E-state index in [-0.39, 0.29) is 23.5 Å². The zero-order valence-electron chi connectivity index (χ0n) is 12.7. The molecule has 0 amide bonds. The summed E-state index contributed by atoms with van der Waals surface area (Å²) in [6, 6.07) is 8.04. The third-order valence-corrected chi connectivity index (χ3v) is 5.98. The van der Waals surface area contributed by atoms with Crippen molar-refractivity contribution in [3.63, 3.8) is 0 Å². The van der Waals surface area contributed by atoms with Gasteiger partial charge in [-0.05, 0) is 57.2 Å². The number of fused-ring (bicyclic) bond motifs is 2. The average molecular weight is 355 g/mol. The molecule has 0 spiro atoms. The van der Waals surface area contributed by atoms with Gasteiger partial charge < -0.3 is 14.9 Å². The van der Waals surface area contributed by atoms with E-state index in [1.54, 1.807) is 6.92 Å². The maximum Gasteiger partial charge on any atom is 0.0933 e. The van der Waals surface area contributed by atoms with Crippen molar-refractivity contribution < 1.29 is 14.9 Å². The van der Waals surface area contributed by atoms with E-state index < -0.39 is 11.7 Å². The van der Waals surface area contributed by atoms with Crippen LogP contribution >= 0.6 is 15.9 Å². The molecule has 2 N–H and O–H groups in total. The van der Waals surface area contributed by atoms with Crippen molar-refractivity contribution in [2.75, 3.05) is 0 Å². The molecule has 1 aliphatic carbocycles. The zero-order chi connectivity index (χ0) is 15.4. The molecule has 1 saturated carbocycles. The van der Waals surface area contributed by atoms with Gasteiger partial charge in [0.15, 0.2) is 0 Å². The Morgan fingerprint density at radius 1 is 1.14 bits per heavy atom. The minimum atomic E-state index is -1.11. The van der Waals surface area contributed by atoms with Crippen molar-refractivity contribution in [1.82, 2.24) is 0 Å². The SMILES string of the molecule is CC1(C)O[C@@H](c2ccc(Br)cc2)C2CC1C[C@H](O)[C@@]2(C)O. The van der Waals surface area contributed by atoms with Gasteiger partial charge in [0.05, 0.1) is 23.4 Å².